The average Bonchev–Trinajstić information content (AvgIpc) is 2.30. The van der Waals surface area contributed by atoms with Crippen molar-refractivity contribution in [3.05, 3.63) is 35.9 Å². The molecule has 2 heteroatoms. The van der Waals surface area contributed by atoms with Gasteiger partial charge in [0.05, 0.1) is 0 Å². The summed E-state index contributed by atoms with van der Waals surface area (Å²) in [6, 6.07) is 9.51. The minimum atomic E-state index is -1.16. The van der Waals surface area contributed by atoms with E-state index in [1.807, 2.05) is 30.3 Å². The second kappa shape index (κ2) is 6.66. The second-order valence-electron chi connectivity index (χ2n) is 4.45. The molecular formula is C14H23NO. The van der Waals surface area contributed by atoms with Gasteiger partial charge in [0.25, 0.3) is 0 Å². The maximum Gasteiger partial charge on any atom is 0.139 e. The lowest BCUT2D eigenvalue weighted by Gasteiger charge is -2.23. The largest absolute Gasteiger partial charge is 0.372 e. The first-order valence-corrected chi connectivity index (χ1v) is 6.23. The van der Waals surface area contributed by atoms with Crippen molar-refractivity contribution in [1.82, 2.24) is 0 Å². The van der Waals surface area contributed by atoms with Crippen molar-refractivity contribution >= 4 is 0 Å². The standard InChI is InChI=1S/C14H23NO/c1-2-3-4-5-9-12-14(15,16)13-10-7-6-8-11-13/h6-8,10-11,16H,2-5,9,12,15H2,1H3. The van der Waals surface area contributed by atoms with E-state index >= 15 is 0 Å². The zero-order chi connectivity index (χ0) is 11.9. The Balaban J connectivity index is 2.35. The highest BCUT2D eigenvalue weighted by Gasteiger charge is 2.22. The fraction of sp³-hybridized carbons (Fsp3) is 0.571. The van der Waals surface area contributed by atoms with Gasteiger partial charge in [-0.1, -0.05) is 62.9 Å². The Labute approximate surface area is 98.5 Å². The van der Waals surface area contributed by atoms with Crippen LogP contribution in [0.15, 0.2) is 30.3 Å². The number of aliphatic hydroxyl groups is 1. The lowest BCUT2D eigenvalue weighted by Crippen LogP contribution is -2.36. The Morgan fingerprint density at radius 2 is 1.69 bits per heavy atom. The molecule has 2 nitrogen and oxygen atoms in total. The van der Waals surface area contributed by atoms with E-state index in [0.29, 0.717) is 6.42 Å². The topological polar surface area (TPSA) is 46.2 Å². The molecule has 0 aliphatic carbocycles. The first kappa shape index (κ1) is 13.2. The molecular weight excluding hydrogens is 198 g/mol. The number of rotatable bonds is 7. The van der Waals surface area contributed by atoms with Crippen molar-refractivity contribution in [3.8, 4) is 0 Å². The third-order valence-electron chi connectivity index (χ3n) is 2.94. The van der Waals surface area contributed by atoms with Gasteiger partial charge in [-0.2, -0.15) is 0 Å². The van der Waals surface area contributed by atoms with Crippen LogP contribution < -0.4 is 5.73 Å². The summed E-state index contributed by atoms with van der Waals surface area (Å²) in [5.74, 6) is 0. The highest BCUT2D eigenvalue weighted by atomic mass is 16.3. The minimum absolute atomic E-state index is 0.640. The van der Waals surface area contributed by atoms with Gasteiger partial charge in [-0.05, 0) is 18.4 Å². The number of hydrogen-bond donors (Lipinski definition) is 2. The highest BCUT2D eigenvalue weighted by molar-refractivity contribution is 5.20. The van der Waals surface area contributed by atoms with Crippen LogP contribution in [0.5, 0.6) is 0 Å². The monoisotopic (exact) mass is 221 g/mol. The molecule has 0 heterocycles. The summed E-state index contributed by atoms with van der Waals surface area (Å²) in [7, 11) is 0. The lowest BCUT2D eigenvalue weighted by atomic mass is 9.97. The van der Waals surface area contributed by atoms with Crippen LogP contribution in [-0.4, -0.2) is 5.11 Å². The van der Waals surface area contributed by atoms with Crippen LogP contribution >= 0.6 is 0 Å². The summed E-state index contributed by atoms with van der Waals surface area (Å²) in [6.45, 7) is 2.20. The Morgan fingerprint density at radius 3 is 2.31 bits per heavy atom. The third kappa shape index (κ3) is 4.33. The minimum Gasteiger partial charge on any atom is -0.372 e. The Bertz CT molecular complexity index is 282. The molecule has 3 N–H and O–H groups in total. The Hall–Kier alpha value is -0.860. The second-order valence-corrected chi connectivity index (χ2v) is 4.45. The van der Waals surface area contributed by atoms with E-state index in [2.05, 4.69) is 6.92 Å². The molecule has 16 heavy (non-hydrogen) atoms. The summed E-state index contributed by atoms with van der Waals surface area (Å²) in [5, 5.41) is 10.1. The first-order valence-electron chi connectivity index (χ1n) is 6.23. The lowest BCUT2D eigenvalue weighted by molar-refractivity contribution is 0.0315. The van der Waals surface area contributed by atoms with Crippen LogP contribution in [0, 0.1) is 0 Å². The number of nitrogens with two attached hydrogens (primary N) is 1. The van der Waals surface area contributed by atoms with Crippen molar-refractivity contribution in [2.75, 3.05) is 0 Å². The quantitative estimate of drug-likeness (QED) is 0.549. The fourth-order valence-electron chi connectivity index (χ4n) is 1.87. The molecule has 0 aliphatic heterocycles. The average molecular weight is 221 g/mol. The van der Waals surface area contributed by atoms with Gasteiger partial charge in [0, 0.05) is 0 Å². The van der Waals surface area contributed by atoms with E-state index in [0.717, 1.165) is 18.4 Å². The zero-order valence-corrected chi connectivity index (χ0v) is 10.2. The van der Waals surface area contributed by atoms with Crippen molar-refractivity contribution in [2.24, 2.45) is 5.73 Å². The molecule has 0 fully saturated rings. The zero-order valence-electron chi connectivity index (χ0n) is 10.2. The van der Waals surface area contributed by atoms with Gasteiger partial charge >= 0.3 is 0 Å². The van der Waals surface area contributed by atoms with Crippen molar-refractivity contribution in [3.63, 3.8) is 0 Å². The Kier molecular flexibility index (Phi) is 5.50. The number of hydrogen-bond acceptors (Lipinski definition) is 2. The van der Waals surface area contributed by atoms with Crippen LogP contribution in [0.4, 0.5) is 0 Å². The van der Waals surface area contributed by atoms with Crippen LogP contribution in [0.1, 0.15) is 51.0 Å². The summed E-state index contributed by atoms with van der Waals surface area (Å²) in [4.78, 5) is 0. The third-order valence-corrected chi connectivity index (χ3v) is 2.94. The van der Waals surface area contributed by atoms with E-state index in [1.54, 1.807) is 0 Å². The van der Waals surface area contributed by atoms with Crippen LogP contribution in [0.3, 0.4) is 0 Å². The van der Waals surface area contributed by atoms with Crippen LogP contribution in [0.2, 0.25) is 0 Å². The fourth-order valence-corrected chi connectivity index (χ4v) is 1.87. The molecule has 0 amide bonds. The number of unbranched alkanes of at least 4 members (excludes halogenated alkanes) is 4. The molecule has 90 valence electrons. The van der Waals surface area contributed by atoms with Crippen molar-refractivity contribution in [2.45, 2.75) is 51.2 Å². The van der Waals surface area contributed by atoms with Crippen molar-refractivity contribution in [1.29, 1.82) is 0 Å². The van der Waals surface area contributed by atoms with Crippen molar-refractivity contribution < 1.29 is 5.11 Å². The van der Waals surface area contributed by atoms with E-state index in [4.69, 9.17) is 5.73 Å². The summed E-state index contributed by atoms with van der Waals surface area (Å²) >= 11 is 0. The number of benzene rings is 1. The van der Waals surface area contributed by atoms with Gasteiger partial charge in [0.15, 0.2) is 0 Å². The molecule has 0 spiro atoms. The SMILES string of the molecule is CCCCCCCC(N)(O)c1ccccc1. The smallest absolute Gasteiger partial charge is 0.139 e. The molecule has 1 aromatic carbocycles. The molecule has 0 saturated heterocycles. The van der Waals surface area contributed by atoms with E-state index in [9.17, 15) is 5.11 Å². The summed E-state index contributed by atoms with van der Waals surface area (Å²) < 4.78 is 0. The summed E-state index contributed by atoms with van der Waals surface area (Å²) in [6.07, 6.45) is 6.53. The molecule has 0 aromatic heterocycles. The molecule has 0 bridgehead atoms. The molecule has 1 aromatic rings. The van der Waals surface area contributed by atoms with Crippen LogP contribution in [0.25, 0.3) is 0 Å². The van der Waals surface area contributed by atoms with Crippen LogP contribution in [-0.2, 0) is 5.72 Å². The molecule has 1 atom stereocenters. The predicted molar refractivity (Wildman–Crippen MR) is 67.9 cm³/mol. The summed E-state index contributed by atoms with van der Waals surface area (Å²) in [5.41, 5.74) is 5.56. The molecule has 0 aliphatic rings. The van der Waals surface area contributed by atoms with Gasteiger partial charge in [-0.25, -0.2) is 0 Å². The van der Waals surface area contributed by atoms with E-state index in [1.165, 1.54) is 19.3 Å². The molecule has 0 saturated carbocycles. The van der Waals surface area contributed by atoms with Gasteiger partial charge in [0.2, 0.25) is 0 Å². The predicted octanol–water partition coefficient (Wildman–Crippen LogP) is 3.15. The molecule has 1 rings (SSSR count). The van der Waals surface area contributed by atoms with E-state index in [-0.39, 0.29) is 0 Å². The normalized spacial score (nSPS) is 14.7. The maximum absolute atomic E-state index is 10.1. The van der Waals surface area contributed by atoms with Gasteiger partial charge < -0.3 is 5.11 Å². The maximum atomic E-state index is 10.1. The van der Waals surface area contributed by atoms with Gasteiger partial charge in [-0.15, -0.1) is 0 Å². The van der Waals surface area contributed by atoms with Gasteiger partial charge in [-0.3, -0.25) is 5.73 Å². The van der Waals surface area contributed by atoms with Gasteiger partial charge in [0.1, 0.15) is 5.72 Å². The first-order chi connectivity index (χ1) is 7.67. The highest BCUT2D eigenvalue weighted by Crippen LogP contribution is 2.21. The molecule has 0 radical (unpaired) electrons. The Morgan fingerprint density at radius 1 is 1.06 bits per heavy atom. The van der Waals surface area contributed by atoms with E-state index < -0.39 is 5.72 Å². The molecule has 1 unspecified atom stereocenters.